The van der Waals surface area contributed by atoms with Gasteiger partial charge in [-0.2, -0.15) is 0 Å². The molecule has 0 saturated carbocycles. The van der Waals surface area contributed by atoms with Gasteiger partial charge in [0.1, 0.15) is 5.76 Å². The van der Waals surface area contributed by atoms with E-state index in [2.05, 4.69) is 23.8 Å². The predicted molar refractivity (Wildman–Crippen MR) is 71.3 cm³/mol. The van der Waals surface area contributed by atoms with Crippen LogP contribution < -0.4 is 0 Å². The third-order valence-corrected chi connectivity index (χ3v) is 4.03. The van der Waals surface area contributed by atoms with Crippen LogP contribution in [0.25, 0.3) is 0 Å². The Morgan fingerprint density at radius 3 is 3.00 bits per heavy atom. The Labute approximate surface area is 109 Å². The number of hydrogen-bond donors (Lipinski definition) is 1. The van der Waals surface area contributed by atoms with Crippen molar-refractivity contribution in [3.05, 3.63) is 24.2 Å². The molecule has 2 rings (SSSR count). The molecule has 4 nitrogen and oxygen atoms in total. The van der Waals surface area contributed by atoms with Crippen LogP contribution in [-0.2, 0) is 6.54 Å². The second kappa shape index (κ2) is 6.36. The topological polar surface area (TPSA) is 39.9 Å². The summed E-state index contributed by atoms with van der Waals surface area (Å²) in [6.45, 7) is 5.49. The first-order valence-corrected chi connectivity index (χ1v) is 6.78. The lowest BCUT2D eigenvalue weighted by atomic mass is 10.1. The van der Waals surface area contributed by atoms with Gasteiger partial charge in [0.15, 0.2) is 0 Å². The zero-order valence-electron chi connectivity index (χ0n) is 11.4. The summed E-state index contributed by atoms with van der Waals surface area (Å²) in [5.74, 6) is 1.02. The van der Waals surface area contributed by atoms with Crippen LogP contribution in [-0.4, -0.2) is 53.7 Å². The Hall–Kier alpha value is -0.840. The van der Waals surface area contributed by atoms with Crippen molar-refractivity contribution in [1.29, 1.82) is 0 Å². The molecule has 4 heteroatoms. The Morgan fingerprint density at radius 2 is 2.33 bits per heavy atom. The highest BCUT2D eigenvalue weighted by Crippen LogP contribution is 2.18. The Balaban J connectivity index is 1.99. The largest absolute Gasteiger partial charge is 0.468 e. The second-order valence-corrected chi connectivity index (χ2v) is 5.28. The Kier molecular flexibility index (Phi) is 4.80. The van der Waals surface area contributed by atoms with Crippen LogP contribution in [0.1, 0.15) is 25.5 Å². The van der Waals surface area contributed by atoms with Gasteiger partial charge >= 0.3 is 0 Å². The first-order chi connectivity index (χ1) is 8.70. The molecule has 1 N–H and O–H groups in total. The van der Waals surface area contributed by atoms with E-state index in [1.807, 2.05) is 12.1 Å². The second-order valence-electron chi connectivity index (χ2n) is 5.28. The number of furan rings is 1. The van der Waals surface area contributed by atoms with Crippen LogP contribution in [0.3, 0.4) is 0 Å². The fourth-order valence-electron chi connectivity index (χ4n) is 2.66. The third kappa shape index (κ3) is 3.34. The number of aliphatic hydroxyl groups is 1. The molecule has 2 unspecified atom stereocenters. The number of likely N-dealkylation sites (N-methyl/N-ethyl adjacent to an activating group) is 1. The van der Waals surface area contributed by atoms with Crippen molar-refractivity contribution in [2.75, 3.05) is 26.7 Å². The molecule has 18 heavy (non-hydrogen) atoms. The standard InChI is InChI=1S/C14H24N2O2/c1-12-5-7-16(11-14-4-3-9-18-14)10-13(6-8-17)15(12)2/h3-4,9,12-13,17H,5-8,10-11H2,1-2H3. The van der Waals surface area contributed by atoms with Gasteiger partial charge in [0.25, 0.3) is 0 Å². The van der Waals surface area contributed by atoms with Crippen molar-refractivity contribution < 1.29 is 9.52 Å². The molecule has 0 aromatic carbocycles. The molecule has 1 aromatic rings. The van der Waals surface area contributed by atoms with Crippen LogP contribution in [0, 0.1) is 0 Å². The number of hydrogen-bond acceptors (Lipinski definition) is 4. The third-order valence-electron chi connectivity index (χ3n) is 4.03. The van der Waals surface area contributed by atoms with E-state index >= 15 is 0 Å². The summed E-state index contributed by atoms with van der Waals surface area (Å²) in [4.78, 5) is 4.83. The fraction of sp³-hybridized carbons (Fsp3) is 0.714. The zero-order valence-corrected chi connectivity index (χ0v) is 11.4. The van der Waals surface area contributed by atoms with Crippen molar-refractivity contribution >= 4 is 0 Å². The van der Waals surface area contributed by atoms with Gasteiger partial charge in [0.05, 0.1) is 12.8 Å². The van der Waals surface area contributed by atoms with Crippen molar-refractivity contribution in [3.8, 4) is 0 Å². The molecule has 2 heterocycles. The zero-order chi connectivity index (χ0) is 13.0. The van der Waals surface area contributed by atoms with Crippen LogP contribution in [0.2, 0.25) is 0 Å². The SMILES string of the molecule is CC1CCN(Cc2ccco2)CC(CCO)N1C. The van der Waals surface area contributed by atoms with E-state index in [1.54, 1.807) is 6.26 Å². The van der Waals surface area contributed by atoms with Gasteiger partial charge in [0.2, 0.25) is 0 Å². The normalized spacial score (nSPS) is 27.3. The summed E-state index contributed by atoms with van der Waals surface area (Å²) in [6, 6.07) is 4.97. The van der Waals surface area contributed by atoms with Crippen molar-refractivity contribution in [1.82, 2.24) is 9.80 Å². The minimum Gasteiger partial charge on any atom is -0.468 e. The van der Waals surface area contributed by atoms with Crippen molar-refractivity contribution in [2.45, 2.75) is 38.4 Å². The van der Waals surface area contributed by atoms with Gasteiger partial charge in [0, 0.05) is 31.8 Å². The molecule has 0 radical (unpaired) electrons. The summed E-state index contributed by atoms with van der Waals surface area (Å²) in [6.07, 6.45) is 3.74. The molecule has 1 aliphatic heterocycles. The van der Waals surface area contributed by atoms with Crippen LogP contribution in [0.15, 0.2) is 22.8 Å². The minimum absolute atomic E-state index is 0.260. The molecule has 1 aliphatic rings. The molecule has 2 atom stereocenters. The van der Waals surface area contributed by atoms with Gasteiger partial charge in [-0.3, -0.25) is 9.80 Å². The summed E-state index contributed by atoms with van der Waals surface area (Å²) < 4.78 is 5.42. The monoisotopic (exact) mass is 252 g/mol. The van der Waals surface area contributed by atoms with E-state index < -0.39 is 0 Å². The summed E-state index contributed by atoms with van der Waals surface area (Å²) in [5.41, 5.74) is 0. The molecule has 0 spiro atoms. The van der Waals surface area contributed by atoms with Crippen molar-refractivity contribution in [3.63, 3.8) is 0 Å². The lowest BCUT2D eigenvalue weighted by Gasteiger charge is -2.31. The molecular formula is C14H24N2O2. The molecule has 0 amide bonds. The fourth-order valence-corrected chi connectivity index (χ4v) is 2.66. The average Bonchev–Trinajstić information content (AvgIpc) is 2.82. The van der Waals surface area contributed by atoms with Gasteiger partial charge in [-0.15, -0.1) is 0 Å². The van der Waals surface area contributed by atoms with E-state index in [9.17, 15) is 5.11 Å². The Bertz CT molecular complexity index is 340. The highest BCUT2D eigenvalue weighted by molar-refractivity contribution is 4.98. The number of nitrogens with zero attached hydrogens (tertiary/aromatic N) is 2. The van der Waals surface area contributed by atoms with Crippen LogP contribution in [0.4, 0.5) is 0 Å². The number of aliphatic hydroxyl groups excluding tert-OH is 1. The molecular weight excluding hydrogens is 228 g/mol. The molecule has 0 bridgehead atoms. The van der Waals surface area contributed by atoms with Gasteiger partial charge in [-0.05, 0) is 38.9 Å². The van der Waals surface area contributed by atoms with E-state index in [4.69, 9.17) is 4.42 Å². The number of rotatable bonds is 4. The maximum Gasteiger partial charge on any atom is 0.117 e. The van der Waals surface area contributed by atoms with E-state index in [0.29, 0.717) is 12.1 Å². The van der Waals surface area contributed by atoms with E-state index in [1.165, 1.54) is 6.42 Å². The smallest absolute Gasteiger partial charge is 0.117 e. The molecule has 0 aliphatic carbocycles. The highest BCUT2D eigenvalue weighted by Gasteiger charge is 2.26. The van der Waals surface area contributed by atoms with Crippen LogP contribution >= 0.6 is 0 Å². The molecule has 1 aromatic heterocycles. The first kappa shape index (κ1) is 13.6. The maximum atomic E-state index is 9.19. The molecule has 1 fully saturated rings. The summed E-state index contributed by atoms with van der Waals surface area (Å²) in [5, 5.41) is 9.19. The van der Waals surface area contributed by atoms with Crippen molar-refractivity contribution in [2.24, 2.45) is 0 Å². The van der Waals surface area contributed by atoms with E-state index in [0.717, 1.165) is 31.8 Å². The Morgan fingerprint density at radius 1 is 1.50 bits per heavy atom. The maximum absolute atomic E-state index is 9.19. The average molecular weight is 252 g/mol. The van der Waals surface area contributed by atoms with Gasteiger partial charge in [-0.1, -0.05) is 0 Å². The van der Waals surface area contributed by atoms with Gasteiger partial charge in [-0.25, -0.2) is 0 Å². The van der Waals surface area contributed by atoms with Crippen LogP contribution in [0.5, 0.6) is 0 Å². The summed E-state index contributed by atoms with van der Waals surface area (Å²) >= 11 is 0. The highest BCUT2D eigenvalue weighted by atomic mass is 16.3. The first-order valence-electron chi connectivity index (χ1n) is 6.78. The molecule has 1 saturated heterocycles. The van der Waals surface area contributed by atoms with Gasteiger partial charge < -0.3 is 9.52 Å². The predicted octanol–water partition coefficient (Wildman–Crippen LogP) is 1.56. The van der Waals surface area contributed by atoms with E-state index in [-0.39, 0.29) is 6.61 Å². The lowest BCUT2D eigenvalue weighted by Crippen LogP contribution is -2.42. The minimum atomic E-state index is 0.260. The summed E-state index contributed by atoms with van der Waals surface area (Å²) in [7, 11) is 2.17. The lowest BCUT2D eigenvalue weighted by molar-refractivity contribution is 0.137. The molecule has 102 valence electrons. The quantitative estimate of drug-likeness (QED) is 0.882.